The van der Waals surface area contributed by atoms with E-state index in [4.69, 9.17) is 9.73 Å². The monoisotopic (exact) mass is 477 g/mol. The number of fused-ring (bicyclic) bond motifs is 2. The second-order valence-corrected chi connectivity index (χ2v) is 8.57. The number of para-hydroxylation sites is 1. The van der Waals surface area contributed by atoms with Crippen molar-refractivity contribution in [1.29, 1.82) is 0 Å². The van der Waals surface area contributed by atoms with Crippen molar-refractivity contribution in [2.45, 2.75) is 19.1 Å². The van der Waals surface area contributed by atoms with Gasteiger partial charge >= 0.3 is 0 Å². The number of nitrogens with one attached hydrogen (secondary N) is 2. The number of aromatic nitrogens is 2. The first-order valence-corrected chi connectivity index (χ1v) is 11.8. The maximum absolute atomic E-state index is 13.7. The first kappa shape index (κ1) is 21.8. The fourth-order valence-electron chi connectivity index (χ4n) is 4.51. The van der Waals surface area contributed by atoms with Crippen LogP contribution in [0.5, 0.6) is 5.88 Å². The molecule has 36 heavy (non-hydrogen) atoms. The van der Waals surface area contributed by atoms with Crippen LogP contribution < -0.4 is 15.4 Å². The summed E-state index contributed by atoms with van der Waals surface area (Å²) in [6, 6.07) is 26.6. The molecule has 2 aliphatic heterocycles. The van der Waals surface area contributed by atoms with Crippen LogP contribution in [0.25, 0.3) is 11.3 Å². The first-order chi connectivity index (χ1) is 17.7. The molecule has 1 atom stereocenters. The van der Waals surface area contributed by atoms with Crippen LogP contribution in [0, 0.1) is 0 Å². The van der Waals surface area contributed by atoms with Gasteiger partial charge in [0.15, 0.2) is 0 Å². The molecule has 2 aliphatic rings. The van der Waals surface area contributed by atoms with Crippen LogP contribution in [0.4, 0.5) is 5.69 Å². The highest BCUT2D eigenvalue weighted by Gasteiger charge is 2.32. The lowest BCUT2D eigenvalue weighted by atomic mass is 10.0. The molecule has 178 valence electrons. The number of ether oxygens (including phenoxy) is 1. The molecule has 3 heterocycles. The number of aliphatic imine (C=N–C) groups is 1. The molecule has 0 bridgehead atoms. The minimum absolute atomic E-state index is 0.298. The molecule has 2 amide bonds. The summed E-state index contributed by atoms with van der Waals surface area (Å²) in [5.74, 6) is -0.494. The number of aryl methyl sites for hydroxylation is 1. The highest BCUT2D eigenvalue weighted by atomic mass is 16.5. The van der Waals surface area contributed by atoms with Gasteiger partial charge in [-0.05, 0) is 6.07 Å². The Morgan fingerprint density at radius 3 is 2.42 bits per heavy atom. The van der Waals surface area contributed by atoms with Crippen LogP contribution in [0.15, 0.2) is 89.9 Å². The molecule has 0 saturated heterocycles. The van der Waals surface area contributed by atoms with Crippen LogP contribution in [0.1, 0.15) is 27.9 Å². The van der Waals surface area contributed by atoms with Crippen molar-refractivity contribution >= 4 is 23.2 Å². The highest BCUT2D eigenvalue weighted by Crippen LogP contribution is 2.33. The molecule has 8 heteroatoms. The number of amides is 2. The van der Waals surface area contributed by atoms with E-state index in [1.807, 2.05) is 84.9 Å². The molecule has 1 aromatic heterocycles. The number of carbonyl (C=O) groups excluding carboxylic acids is 2. The van der Waals surface area contributed by atoms with Gasteiger partial charge < -0.3 is 15.4 Å². The lowest BCUT2D eigenvalue weighted by molar-refractivity contribution is -0.117. The van der Waals surface area contributed by atoms with Crippen molar-refractivity contribution in [2.24, 2.45) is 4.99 Å². The van der Waals surface area contributed by atoms with Crippen molar-refractivity contribution in [1.82, 2.24) is 15.1 Å². The van der Waals surface area contributed by atoms with E-state index in [2.05, 4.69) is 15.7 Å². The zero-order chi connectivity index (χ0) is 24.5. The highest BCUT2D eigenvalue weighted by molar-refractivity contribution is 6.20. The van der Waals surface area contributed by atoms with Gasteiger partial charge in [0.2, 0.25) is 12.0 Å². The van der Waals surface area contributed by atoms with Crippen LogP contribution >= 0.6 is 0 Å². The molecule has 0 unspecified atom stereocenters. The van der Waals surface area contributed by atoms with Crippen molar-refractivity contribution in [3.05, 3.63) is 102 Å². The van der Waals surface area contributed by atoms with Gasteiger partial charge in [-0.2, -0.15) is 5.10 Å². The molecule has 8 nitrogen and oxygen atoms in total. The minimum Gasteiger partial charge on any atom is -0.477 e. The third-order valence-corrected chi connectivity index (χ3v) is 6.19. The van der Waals surface area contributed by atoms with E-state index in [1.54, 1.807) is 4.68 Å². The Hall–Kier alpha value is -4.72. The topological polar surface area (TPSA) is 97.6 Å². The molecule has 6 rings (SSSR count). The Labute approximate surface area is 207 Å². The molecule has 3 aromatic carbocycles. The second-order valence-electron chi connectivity index (χ2n) is 8.57. The van der Waals surface area contributed by atoms with Gasteiger partial charge in [-0.3, -0.25) is 9.59 Å². The average molecular weight is 478 g/mol. The van der Waals surface area contributed by atoms with Gasteiger partial charge in [0.25, 0.3) is 11.8 Å². The quantitative estimate of drug-likeness (QED) is 0.466. The second kappa shape index (κ2) is 9.14. The van der Waals surface area contributed by atoms with E-state index in [9.17, 15) is 9.59 Å². The molecule has 0 radical (unpaired) electrons. The van der Waals surface area contributed by atoms with Gasteiger partial charge in [-0.15, -0.1) is 0 Å². The number of nitrogens with zero attached hydrogens (tertiary/aromatic N) is 3. The van der Waals surface area contributed by atoms with Gasteiger partial charge in [0, 0.05) is 29.7 Å². The minimum atomic E-state index is -1.15. The molecular formula is C28H23N5O3. The summed E-state index contributed by atoms with van der Waals surface area (Å²) in [4.78, 5) is 31.7. The Balaban J connectivity index is 1.41. The van der Waals surface area contributed by atoms with Crippen molar-refractivity contribution in [2.75, 3.05) is 11.9 Å². The molecule has 0 saturated carbocycles. The van der Waals surface area contributed by atoms with E-state index in [-0.39, 0.29) is 0 Å². The summed E-state index contributed by atoms with van der Waals surface area (Å²) in [6.45, 7) is 1.15. The zero-order valence-electron chi connectivity index (χ0n) is 19.3. The molecule has 4 aromatic rings. The standard InChI is InChI=1S/C28H23N5O3/c34-26(22-24(19-12-5-2-6-13-19)32-33-16-9-17-36-28(22)33)31-25-27(35)29-21-15-8-7-14-20(21)23(30-25)18-10-3-1-4-11-18/h1-8,10-15,25H,9,16-17H2,(H,29,35)(H,31,34)/t25-/m1/s1. The maximum atomic E-state index is 13.7. The predicted octanol–water partition coefficient (Wildman–Crippen LogP) is 3.88. The number of anilines is 1. The Morgan fingerprint density at radius 2 is 1.64 bits per heavy atom. The van der Waals surface area contributed by atoms with Crippen molar-refractivity contribution in [3.63, 3.8) is 0 Å². The normalized spacial score (nSPS) is 16.5. The number of rotatable bonds is 4. The van der Waals surface area contributed by atoms with E-state index in [0.29, 0.717) is 41.7 Å². The molecular weight excluding hydrogens is 454 g/mol. The summed E-state index contributed by atoms with van der Waals surface area (Å²) in [7, 11) is 0. The number of benzene rings is 3. The number of hydrogen-bond acceptors (Lipinski definition) is 5. The lowest BCUT2D eigenvalue weighted by Crippen LogP contribution is -2.42. The Morgan fingerprint density at radius 1 is 0.944 bits per heavy atom. The van der Waals surface area contributed by atoms with Crippen LogP contribution in [-0.2, 0) is 11.3 Å². The third-order valence-electron chi connectivity index (χ3n) is 6.19. The number of hydrogen-bond donors (Lipinski definition) is 2. The van der Waals surface area contributed by atoms with Crippen molar-refractivity contribution < 1.29 is 14.3 Å². The maximum Gasteiger partial charge on any atom is 0.269 e. The smallest absolute Gasteiger partial charge is 0.269 e. The van der Waals surface area contributed by atoms with Crippen LogP contribution in [0.3, 0.4) is 0 Å². The fraction of sp³-hybridized carbons (Fsp3) is 0.143. The first-order valence-electron chi connectivity index (χ1n) is 11.8. The van der Waals surface area contributed by atoms with E-state index in [1.165, 1.54) is 0 Å². The van der Waals surface area contributed by atoms with Gasteiger partial charge in [-0.1, -0.05) is 78.9 Å². The lowest BCUT2D eigenvalue weighted by Gasteiger charge is -2.17. The molecule has 0 fully saturated rings. The summed E-state index contributed by atoms with van der Waals surface area (Å²) in [5, 5.41) is 10.4. The number of carbonyl (C=O) groups is 2. The fourth-order valence-corrected chi connectivity index (χ4v) is 4.51. The molecule has 0 aliphatic carbocycles. The zero-order valence-corrected chi connectivity index (χ0v) is 19.3. The van der Waals surface area contributed by atoms with E-state index in [0.717, 1.165) is 23.1 Å². The Kier molecular flexibility index (Phi) is 5.53. The van der Waals surface area contributed by atoms with Gasteiger partial charge in [0.1, 0.15) is 11.3 Å². The molecule has 0 spiro atoms. The summed E-state index contributed by atoms with van der Waals surface area (Å²) in [6.07, 6.45) is -0.347. The third kappa shape index (κ3) is 3.92. The number of benzodiazepines with no additional fused rings is 1. The van der Waals surface area contributed by atoms with Crippen molar-refractivity contribution in [3.8, 4) is 17.1 Å². The largest absolute Gasteiger partial charge is 0.477 e. The summed E-state index contributed by atoms with van der Waals surface area (Å²) < 4.78 is 7.57. The molecule has 2 N–H and O–H groups in total. The van der Waals surface area contributed by atoms with Gasteiger partial charge in [-0.25, -0.2) is 9.67 Å². The van der Waals surface area contributed by atoms with E-state index >= 15 is 0 Å². The predicted molar refractivity (Wildman–Crippen MR) is 136 cm³/mol. The SMILES string of the molecule is O=C(N[C@H]1N=C(c2ccccc2)c2ccccc2NC1=O)c1c(-c2ccccc2)nn2c1OCCC2. The summed E-state index contributed by atoms with van der Waals surface area (Å²) in [5.41, 5.74) is 4.48. The summed E-state index contributed by atoms with van der Waals surface area (Å²) >= 11 is 0. The van der Waals surface area contributed by atoms with Gasteiger partial charge in [0.05, 0.1) is 18.0 Å². The average Bonchev–Trinajstić information content (AvgIpc) is 3.26. The van der Waals surface area contributed by atoms with Crippen LogP contribution in [-0.4, -0.2) is 40.1 Å². The van der Waals surface area contributed by atoms with Crippen LogP contribution in [0.2, 0.25) is 0 Å². The van der Waals surface area contributed by atoms with E-state index < -0.39 is 18.0 Å². The Bertz CT molecular complexity index is 1480.